The van der Waals surface area contributed by atoms with E-state index in [1.165, 1.54) is 25.7 Å². The minimum Gasteiger partial charge on any atom is -0.380 e. The van der Waals surface area contributed by atoms with Crippen LogP contribution in [0.1, 0.15) is 71.1 Å². The number of fused-ring (bicyclic) bond motifs is 1. The highest BCUT2D eigenvalue weighted by Crippen LogP contribution is 2.32. The molecule has 2 saturated carbocycles. The van der Waals surface area contributed by atoms with Crippen LogP contribution in [0.4, 0.5) is 0 Å². The first-order valence-corrected chi connectivity index (χ1v) is 14.6. The van der Waals surface area contributed by atoms with Crippen LogP contribution in [0.25, 0.3) is 0 Å². The van der Waals surface area contributed by atoms with Gasteiger partial charge in [-0.1, -0.05) is 19.8 Å². The minimum absolute atomic E-state index is 0.108. The van der Waals surface area contributed by atoms with E-state index in [1.54, 1.807) is 0 Å². The average Bonchev–Trinajstić information content (AvgIpc) is 2.90. The first kappa shape index (κ1) is 25.9. The van der Waals surface area contributed by atoms with Gasteiger partial charge < -0.3 is 20.7 Å². The number of hydrogen-bond donors (Lipinski definition) is 6. The molecule has 0 aromatic rings. The molecule has 2 aliphatic carbocycles. The van der Waals surface area contributed by atoms with Crippen molar-refractivity contribution in [2.24, 2.45) is 23.7 Å². The summed E-state index contributed by atoms with van der Waals surface area (Å²) < 4.78 is 5.63. The predicted octanol–water partition coefficient (Wildman–Crippen LogP) is 1.28. The van der Waals surface area contributed by atoms with E-state index in [1.807, 2.05) is 7.11 Å². The van der Waals surface area contributed by atoms with Crippen LogP contribution in [-0.4, -0.2) is 75.8 Å². The molecule has 5 aliphatic rings. The highest BCUT2D eigenvalue weighted by atomic mass is 16.5. The summed E-state index contributed by atoms with van der Waals surface area (Å²) in [6.07, 6.45) is 12.2. The maximum absolute atomic E-state index is 13.3. The van der Waals surface area contributed by atoms with Crippen molar-refractivity contribution in [1.29, 1.82) is 0 Å². The molecule has 0 bridgehead atoms. The zero-order chi connectivity index (χ0) is 24.2. The molecule has 0 aromatic heterocycles. The Morgan fingerprint density at radius 3 is 2.66 bits per heavy atom. The molecule has 3 saturated heterocycles. The van der Waals surface area contributed by atoms with Crippen LogP contribution in [0.3, 0.4) is 0 Å². The average molecular weight is 491 g/mol. The first-order valence-electron chi connectivity index (χ1n) is 14.6. The molecule has 8 heteroatoms. The lowest BCUT2D eigenvalue weighted by Crippen LogP contribution is -2.66. The van der Waals surface area contributed by atoms with Gasteiger partial charge in [0.1, 0.15) is 6.29 Å². The number of methoxy groups -OCH3 is 1. The van der Waals surface area contributed by atoms with Gasteiger partial charge in [0.2, 0.25) is 5.91 Å². The summed E-state index contributed by atoms with van der Waals surface area (Å²) in [5, 5.41) is 22.1. The summed E-state index contributed by atoms with van der Waals surface area (Å²) in [5.74, 6) is 2.33. The topological polar surface area (TPSA) is 98.5 Å². The molecule has 0 aromatic carbocycles. The van der Waals surface area contributed by atoms with Crippen LogP contribution in [0.5, 0.6) is 0 Å². The Hall–Kier alpha value is -0.770. The molecule has 200 valence electrons. The molecule has 8 nitrogen and oxygen atoms in total. The quantitative estimate of drug-likeness (QED) is 0.334. The molecular weight excluding hydrogens is 440 g/mol. The third kappa shape index (κ3) is 6.57. The van der Waals surface area contributed by atoms with Crippen LogP contribution in [-0.2, 0) is 9.53 Å². The van der Waals surface area contributed by atoms with E-state index < -0.39 is 0 Å². The number of hydrogen-bond acceptors (Lipinski definition) is 7. The number of nitrogens with one attached hydrogen (secondary N) is 6. The summed E-state index contributed by atoms with van der Waals surface area (Å²) in [6.45, 7) is 6.32. The molecule has 3 aliphatic heterocycles. The van der Waals surface area contributed by atoms with Gasteiger partial charge in [-0.2, -0.15) is 0 Å². The fraction of sp³-hybridized carbons (Fsp3) is 0.963. The van der Waals surface area contributed by atoms with Crippen molar-refractivity contribution < 1.29 is 9.53 Å². The highest BCUT2D eigenvalue weighted by Gasteiger charge is 2.38. The Bertz CT molecular complexity index is 695. The summed E-state index contributed by atoms with van der Waals surface area (Å²) in [6, 6.07) is 1.83. The van der Waals surface area contributed by atoms with Crippen molar-refractivity contribution in [2.45, 2.75) is 108 Å². The molecule has 6 N–H and O–H groups in total. The first-order chi connectivity index (χ1) is 17.1. The summed E-state index contributed by atoms with van der Waals surface area (Å²) >= 11 is 0. The lowest BCUT2D eigenvalue weighted by Gasteiger charge is -2.43. The Morgan fingerprint density at radius 2 is 1.77 bits per heavy atom. The zero-order valence-electron chi connectivity index (χ0n) is 22.0. The molecule has 5 fully saturated rings. The summed E-state index contributed by atoms with van der Waals surface area (Å²) in [5.41, 5.74) is 0. The molecule has 10 unspecified atom stereocenters. The van der Waals surface area contributed by atoms with Gasteiger partial charge in [0.15, 0.2) is 0 Å². The number of rotatable bonds is 6. The van der Waals surface area contributed by atoms with Gasteiger partial charge in [-0.25, -0.2) is 0 Å². The van der Waals surface area contributed by atoms with E-state index in [0.29, 0.717) is 42.1 Å². The Labute approximate surface area is 212 Å². The largest absolute Gasteiger partial charge is 0.380 e. The molecule has 1 amide bonds. The molecule has 35 heavy (non-hydrogen) atoms. The fourth-order valence-corrected chi connectivity index (χ4v) is 7.57. The standard InChI is InChI=1S/C27H50N6O2/c1-17-7-8-19(26(34)31-21-11-18-5-3-4-6-23(18)30-15-21)13-25(17)33-27-29-10-9-24(32-27)20-12-22(35-2)16-28-14-20/h17-25,27-30,32-33H,3-16H2,1-2H3,(H,31,34). The van der Waals surface area contributed by atoms with Crippen LogP contribution in [0.15, 0.2) is 0 Å². The molecule has 0 spiro atoms. The van der Waals surface area contributed by atoms with Crippen molar-refractivity contribution in [3.63, 3.8) is 0 Å². The second kappa shape index (κ2) is 12.2. The predicted molar refractivity (Wildman–Crippen MR) is 139 cm³/mol. The normalized spacial score (nSPS) is 44.9. The van der Waals surface area contributed by atoms with Crippen LogP contribution in [0, 0.1) is 23.7 Å². The zero-order valence-corrected chi connectivity index (χ0v) is 22.0. The second-order valence-corrected chi connectivity index (χ2v) is 12.2. The number of amides is 1. The fourth-order valence-electron chi connectivity index (χ4n) is 7.57. The van der Waals surface area contributed by atoms with E-state index in [4.69, 9.17) is 4.74 Å². The van der Waals surface area contributed by atoms with Gasteiger partial charge in [0.05, 0.1) is 6.10 Å². The Morgan fingerprint density at radius 1 is 0.886 bits per heavy atom. The van der Waals surface area contributed by atoms with Crippen molar-refractivity contribution >= 4 is 5.91 Å². The number of carbonyl (C=O) groups is 1. The van der Waals surface area contributed by atoms with Gasteiger partial charge >= 0.3 is 0 Å². The van der Waals surface area contributed by atoms with Gasteiger partial charge in [0.25, 0.3) is 0 Å². The molecule has 3 heterocycles. The van der Waals surface area contributed by atoms with Gasteiger partial charge in [-0.05, 0) is 82.2 Å². The van der Waals surface area contributed by atoms with E-state index in [0.717, 1.165) is 70.6 Å². The number of carbonyl (C=O) groups excluding carboxylic acids is 1. The lowest BCUT2D eigenvalue weighted by atomic mass is 9.77. The molecule has 0 radical (unpaired) electrons. The summed E-state index contributed by atoms with van der Waals surface area (Å²) in [4.78, 5) is 13.3. The molecule has 5 rings (SSSR count). The van der Waals surface area contributed by atoms with Gasteiger partial charge in [0, 0.05) is 50.3 Å². The third-order valence-corrected chi connectivity index (χ3v) is 9.85. The maximum atomic E-state index is 13.3. The molecular formula is C27H50N6O2. The van der Waals surface area contributed by atoms with Crippen LogP contribution >= 0.6 is 0 Å². The van der Waals surface area contributed by atoms with Crippen molar-refractivity contribution in [2.75, 3.05) is 33.3 Å². The Balaban J connectivity index is 1.10. The SMILES string of the molecule is COC1CNCC(C2CCNC(NC3CC(C(=O)NC4CNC5CCCCC5C4)CCC3C)N2)C1. The van der Waals surface area contributed by atoms with Crippen molar-refractivity contribution in [3.05, 3.63) is 0 Å². The molecule has 10 atom stereocenters. The maximum Gasteiger partial charge on any atom is 0.223 e. The van der Waals surface area contributed by atoms with Gasteiger partial charge in [-0.3, -0.25) is 20.7 Å². The minimum atomic E-state index is 0.108. The summed E-state index contributed by atoms with van der Waals surface area (Å²) in [7, 11) is 1.82. The van der Waals surface area contributed by atoms with Crippen LogP contribution < -0.4 is 31.9 Å². The van der Waals surface area contributed by atoms with Crippen LogP contribution in [0.2, 0.25) is 0 Å². The number of ether oxygens (including phenoxy) is 1. The van der Waals surface area contributed by atoms with E-state index in [-0.39, 0.29) is 18.1 Å². The number of piperidine rings is 2. The van der Waals surface area contributed by atoms with E-state index >= 15 is 0 Å². The van der Waals surface area contributed by atoms with Gasteiger partial charge in [-0.15, -0.1) is 0 Å². The smallest absolute Gasteiger partial charge is 0.223 e. The van der Waals surface area contributed by atoms with Crippen molar-refractivity contribution in [3.8, 4) is 0 Å². The Kier molecular flexibility index (Phi) is 9.00. The highest BCUT2D eigenvalue weighted by molar-refractivity contribution is 5.79. The van der Waals surface area contributed by atoms with E-state index in [2.05, 4.69) is 38.8 Å². The van der Waals surface area contributed by atoms with E-state index in [9.17, 15) is 4.79 Å². The third-order valence-electron chi connectivity index (χ3n) is 9.85. The second-order valence-electron chi connectivity index (χ2n) is 12.2. The lowest BCUT2D eigenvalue weighted by molar-refractivity contribution is -0.127. The monoisotopic (exact) mass is 490 g/mol. The van der Waals surface area contributed by atoms with Crippen molar-refractivity contribution in [1.82, 2.24) is 31.9 Å².